The quantitative estimate of drug-likeness (QED) is 0.779. The fraction of sp³-hybridized carbons (Fsp3) is 0.500. The van der Waals surface area contributed by atoms with Crippen LogP contribution in [0.4, 0.5) is 0 Å². The minimum atomic E-state index is -0.372. The van der Waals surface area contributed by atoms with Gasteiger partial charge in [-0.1, -0.05) is 12.1 Å². The Kier molecular flexibility index (Phi) is 2.84. The van der Waals surface area contributed by atoms with E-state index in [1.54, 1.807) is 6.07 Å². The number of hydrogen-bond acceptors (Lipinski definition) is 3. The van der Waals surface area contributed by atoms with Gasteiger partial charge in [0.1, 0.15) is 5.75 Å². The molecule has 0 aliphatic carbocycles. The van der Waals surface area contributed by atoms with Crippen molar-refractivity contribution in [2.75, 3.05) is 0 Å². The molecule has 1 heterocycles. The van der Waals surface area contributed by atoms with E-state index in [1.165, 1.54) is 0 Å². The largest absolute Gasteiger partial charge is 0.508 e. The number of aromatic hydroxyl groups is 1. The molecule has 3 heteroatoms. The maximum atomic E-state index is 9.54. The Bertz CT molecular complexity index is 478. The normalized spacial score (nSPS) is 32.4. The van der Waals surface area contributed by atoms with Crippen LogP contribution in [0.1, 0.15) is 37.4 Å². The average molecular weight is 230 g/mol. The van der Waals surface area contributed by atoms with Crippen molar-refractivity contribution in [3.05, 3.63) is 29.3 Å². The minimum Gasteiger partial charge on any atom is -0.508 e. The standard InChI is InChI=1S/C14H18N2O/c1-9-6-11(4-5-12(9)17)13-14(3,8-15)7-10(2)16-13/h4-6,10,13,16-17H,7H2,1-3H3/t10?,13?,14-/m1/s1. The summed E-state index contributed by atoms with van der Waals surface area (Å²) in [5.74, 6) is 0.304. The van der Waals surface area contributed by atoms with Crippen molar-refractivity contribution < 1.29 is 5.11 Å². The number of nitrogens with zero attached hydrogens (tertiary/aromatic N) is 1. The topological polar surface area (TPSA) is 56.0 Å². The number of aryl methyl sites for hydroxylation is 1. The molecule has 2 rings (SSSR count). The summed E-state index contributed by atoms with van der Waals surface area (Å²) in [4.78, 5) is 0. The van der Waals surface area contributed by atoms with Crippen molar-refractivity contribution in [3.8, 4) is 11.8 Å². The molecule has 1 aliphatic heterocycles. The van der Waals surface area contributed by atoms with Gasteiger partial charge in [-0.05, 0) is 44.4 Å². The summed E-state index contributed by atoms with van der Waals surface area (Å²) in [5, 5.41) is 22.4. The third kappa shape index (κ3) is 2.01. The third-order valence-electron chi connectivity index (χ3n) is 3.63. The number of phenolic OH excluding ortho intramolecular Hbond substituents is 1. The highest BCUT2D eigenvalue weighted by molar-refractivity contribution is 5.38. The number of rotatable bonds is 1. The Hall–Kier alpha value is -1.53. The lowest BCUT2D eigenvalue weighted by Gasteiger charge is -2.24. The molecule has 0 bridgehead atoms. The van der Waals surface area contributed by atoms with E-state index in [0.29, 0.717) is 11.8 Å². The maximum absolute atomic E-state index is 9.54. The van der Waals surface area contributed by atoms with E-state index in [0.717, 1.165) is 17.5 Å². The molecule has 2 unspecified atom stereocenters. The Morgan fingerprint density at radius 2 is 2.24 bits per heavy atom. The number of phenols is 1. The lowest BCUT2D eigenvalue weighted by molar-refractivity contribution is 0.385. The van der Waals surface area contributed by atoms with Crippen LogP contribution in [-0.4, -0.2) is 11.1 Å². The summed E-state index contributed by atoms with van der Waals surface area (Å²) < 4.78 is 0. The summed E-state index contributed by atoms with van der Waals surface area (Å²) >= 11 is 0. The van der Waals surface area contributed by atoms with E-state index in [9.17, 15) is 10.4 Å². The van der Waals surface area contributed by atoms with Crippen LogP contribution in [0.25, 0.3) is 0 Å². The van der Waals surface area contributed by atoms with Gasteiger partial charge in [-0.25, -0.2) is 0 Å². The molecule has 0 amide bonds. The lowest BCUT2D eigenvalue weighted by Crippen LogP contribution is -2.26. The molecule has 3 nitrogen and oxygen atoms in total. The summed E-state index contributed by atoms with van der Waals surface area (Å²) in [6.45, 7) is 5.97. The zero-order valence-electron chi connectivity index (χ0n) is 10.5. The zero-order chi connectivity index (χ0) is 12.6. The molecule has 1 aliphatic rings. The van der Waals surface area contributed by atoms with Crippen molar-refractivity contribution in [1.82, 2.24) is 5.32 Å². The first-order valence-corrected chi connectivity index (χ1v) is 5.93. The predicted molar refractivity (Wildman–Crippen MR) is 66.5 cm³/mol. The molecule has 0 radical (unpaired) electrons. The van der Waals surface area contributed by atoms with Gasteiger partial charge in [0.2, 0.25) is 0 Å². The SMILES string of the molecule is Cc1cc(C2NC(C)C[C@]2(C)C#N)ccc1O. The zero-order valence-corrected chi connectivity index (χ0v) is 10.5. The monoisotopic (exact) mass is 230 g/mol. The smallest absolute Gasteiger partial charge is 0.118 e. The first-order valence-electron chi connectivity index (χ1n) is 5.93. The van der Waals surface area contributed by atoms with Crippen LogP contribution >= 0.6 is 0 Å². The van der Waals surface area contributed by atoms with Gasteiger partial charge < -0.3 is 10.4 Å². The molecule has 17 heavy (non-hydrogen) atoms. The molecule has 0 aromatic heterocycles. The molecule has 2 N–H and O–H groups in total. The molecule has 1 aromatic rings. The highest BCUT2D eigenvalue weighted by Gasteiger charge is 2.43. The molecular weight excluding hydrogens is 212 g/mol. The van der Waals surface area contributed by atoms with Crippen molar-refractivity contribution in [1.29, 1.82) is 5.26 Å². The average Bonchev–Trinajstić information content (AvgIpc) is 2.59. The van der Waals surface area contributed by atoms with E-state index in [2.05, 4.69) is 18.3 Å². The van der Waals surface area contributed by atoms with Crippen LogP contribution in [0.3, 0.4) is 0 Å². The third-order valence-corrected chi connectivity index (χ3v) is 3.63. The second-order valence-corrected chi connectivity index (χ2v) is 5.28. The Morgan fingerprint density at radius 3 is 2.82 bits per heavy atom. The van der Waals surface area contributed by atoms with Crippen LogP contribution in [0.5, 0.6) is 5.75 Å². The second kappa shape index (κ2) is 4.05. The molecular formula is C14H18N2O. The number of benzene rings is 1. The van der Waals surface area contributed by atoms with E-state index in [-0.39, 0.29) is 11.5 Å². The van der Waals surface area contributed by atoms with Crippen molar-refractivity contribution in [2.24, 2.45) is 5.41 Å². The summed E-state index contributed by atoms with van der Waals surface area (Å²) in [6, 6.07) is 8.37. The molecule has 90 valence electrons. The highest BCUT2D eigenvalue weighted by Crippen LogP contribution is 2.43. The molecule has 1 aromatic carbocycles. The van der Waals surface area contributed by atoms with E-state index in [1.807, 2.05) is 26.0 Å². The maximum Gasteiger partial charge on any atom is 0.118 e. The Morgan fingerprint density at radius 1 is 1.53 bits per heavy atom. The molecule has 0 spiro atoms. The van der Waals surface area contributed by atoms with Crippen molar-refractivity contribution >= 4 is 0 Å². The van der Waals surface area contributed by atoms with Gasteiger partial charge >= 0.3 is 0 Å². The summed E-state index contributed by atoms with van der Waals surface area (Å²) in [6.07, 6.45) is 0.855. The van der Waals surface area contributed by atoms with Gasteiger partial charge in [0.25, 0.3) is 0 Å². The van der Waals surface area contributed by atoms with Gasteiger partial charge in [0, 0.05) is 6.04 Å². The van der Waals surface area contributed by atoms with Crippen LogP contribution < -0.4 is 5.32 Å². The van der Waals surface area contributed by atoms with E-state index < -0.39 is 0 Å². The summed E-state index contributed by atoms with van der Waals surface area (Å²) in [7, 11) is 0. The first-order chi connectivity index (χ1) is 7.96. The van der Waals surface area contributed by atoms with Crippen LogP contribution in [0, 0.1) is 23.7 Å². The molecule has 3 atom stereocenters. The van der Waals surface area contributed by atoms with Gasteiger partial charge in [0.05, 0.1) is 17.5 Å². The van der Waals surface area contributed by atoms with Gasteiger partial charge in [-0.3, -0.25) is 0 Å². The van der Waals surface area contributed by atoms with Crippen molar-refractivity contribution in [3.63, 3.8) is 0 Å². The van der Waals surface area contributed by atoms with Gasteiger partial charge in [-0.15, -0.1) is 0 Å². The van der Waals surface area contributed by atoms with Crippen LogP contribution in [0.15, 0.2) is 18.2 Å². The number of nitrogens with one attached hydrogen (secondary N) is 1. The van der Waals surface area contributed by atoms with E-state index in [4.69, 9.17) is 0 Å². The Labute approximate surface area is 102 Å². The highest BCUT2D eigenvalue weighted by atomic mass is 16.3. The first kappa shape index (κ1) is 11.9. The minimum absolute atomic E-state index is 0.0433. The molecule has 1 fully saturated rings. The number of hydrogen-bond donors (Lipinski definition) is 2. The fourth-order valence-corrected chi connectivity index (χ4v) is 2.71. The Balaban J connectivity index is 2.39. The fourth-order valence-electron chi connectivity index (χ4n) is 2.71. The van der Waals surface area contributed by atoms with Crippen LogP contribution in [-0.2, 0) is 0 Å². The molecule has 1 saturated heterocycles. The summed E-state index contributed by atoms with van der Waals surface area (Å²) in [5.41, 5.74) is 1.56. The van der Waals surface area contributed by atoms with Crippen LogP contribution in [0.2, 0.25) is 0 Å². The number of nitriles is 1. The van der Waals surface area contributed by atoms with Crippen molar-refractivity contribution in [2.45, 2.75) is 39.3 Å². The van der Waals surface area contributed by atoms with Gasteiger partial charge in [-0.2, -0.15) is 5.26 Å². The predicted octanol–water partition coefficient (Wildman–Crippen LogP) is 2.65. The second-order valence-electron chi connectivity index (χ2n) is 5.28. The van der Waals surface area contributed by atoms with E-state index >= 15 is 0 Å². The molecule has 0 saturated carbocycles. The van der Waals surface area contributed by atoms with Gasteiger partial charge in [0.15, 0.2) is 0 Å². The lowest BCUT2D eigenvalue weighted by atomic mass is 9.80.